The van der Waals surface area contributed by atoms with E-state index < -0.39 is 5.82 Å². The Labute approximate surface area is 289 Å². The Hall–Kier alpha value is -4.72. The molecule has 0 N–H and O–H groups in total. The molecule has 0 bridgehead atoms. The Morgan fingerprint density at radius 1 is 0.735 bits per heavy atom. The van der Waals surface area contributed by atoms with Crippen LogP contribution in [-0.2, 0) is 18.3 Å². The van der Waals surface area contributed by atoms with E-state index in [1.807, 2.05) is 87.2 Å². The van der Waals surface area contributed by atoms with Gasteiger partial charge in [-0.25, -0.2) is 4.39 Å². The average molecular weight is 670 g/mol. The zero-order valence-corrected chi connectivity index (χ0v) is 29.7. The van der Waals surface area contributed by atoms with Crippen molar-refractivity contribution < 1.29 is 32.9 Å². The van der Waals surface area contributed by atoms with E-state index >= 15 is 4.39 Å². The van der Waals surface area contributed by atoms with Crippen LogP contribution in [0.15, 0.2) is 72.8 Å². The van der Waals surface area contributed by atoms with Gasteiger partial charge in [0.05, 0.1) is 32.5 Å². The second kappa shape index (κ2) is 15.7. The Bertz CT molecular complexity index is 1750. The zero-order chi connectivity index (χ0) is 35.1. The van der Waals surface area contributed by atoms with Gasteiger partial charge < -0.3 is 28.6 Å². The second-order valence-electron chi connectivity index (χ2n) is 13.0. The number of hydrogen-bond donors (Lipinski definition) is 0. The van der Waals surface area contributed by atoms with E-state index in [2.05, 4.69) is 20.8 Å². The molecule has 1 atom stereocenters. The molecule has 260 valence electrons. The van der Waals surface area contributed by atoms with Crippen molar-refractivity contribution in [1.29, 1.82) is 0 Å². The number of carbonyl (C=O) groups excluding carboxylic acids is 1. The van der Waals surface area contributed by atoms with E-state index in [1.165, 1.54) is 12.1 Å². The normalized spacial score (nSPS) is 14.2. The molecule has 8 heteroatoms. The maximum absolute atomic E-state index is 15.5. The number of rotatable bonds is 13. The number of halogens is 1. The minimum Gasteiger partial charge on any atom is -0.490 e. The molecule has 7 nitrogen and oxygen atoms in total. The molecule has 0 spiro atoms. The van der Waals surface area contributed by atoms with E-state index in [9.17, 15) is 4.79 Å². The molecule has 0 aliphatic carbocycles. The van der Waals surface area contributed by atoms with E-state index in [4.69, 9.17) is 23.7 Å². The first-order chi connectivity index (χ1) is 23.6. The van der Waals surface area contributed by atoms with Crippen LogP contribution >= 0.6 is 0 Å². The second-order valence-corrected chi connectivity index (χ2v) is 13.0. The zero-order valence-electron chi connectivity index (χ0n) is 29.7. The van der Waals surface area contributed by atoms with Gasteiger partial charge in [0.25, 0.3) is 5.91 Å². The van der Waals surface area contributed by atoms with E-state index in [0.29, 0.717) is 74.6 Å². The first-order valence-electron chi connectivity index (χ1n) is 17.3. The molecule has 4 aromatic carbocycles. The SMILES string of the molecule is CCOc1ccc(CC2c3cc(OCC)c(OCC)cc3CCN2C(=O)c2ccc(Oc3ccc(C(C)(C)C)cc3)c(F)c2)cc1OCC. The first-order valence-corrected chi connectivity index (χ1v) is 17.3. The van der Waals surface area contributed by atoms with Gasteiger partial charge in [-0.3, -0.25) is 4.79 Å². The van der Waals surface area contributed by atoms with Crippen LogP contribution in [0.25, 0.3) is 0 Å². The fourth-order valence-corrected chi connectivity index (χ4v) is 6.19. The standard InChI is InChI=1S/C41H48FNO6/c1-8-45-36-18-12-27(23-37(36)46-9-2)22-34-32-26-39(48-11-4)38(47-10-3)25-28(32)20-21-43(34)40(44)29-13-19-35(33(42)24-29)49-31-16-14-30(15-17-31)41(5,6)7/h12-19,23-26,34H,8-11,20-22H2,1-7H3. The molecule has 0 radical (unpaired) electrons. The van der Waals surface area contributed by atoms with Crippen molar-refractivity contribution in [2.24, 2.45) is 0 Å². The summed E-state index contributed by atoms with van der Waals surface area (Å²) in [6.45, 7) is 16.6. The van der Waals surface area contributed by atoms with Crippen molar-refractivity contribution >= 4 is 5.91 Å². The van der Waals surface area contributed by atoms with Gasteiger partial charge in [0.1, 0.15) is 5.75 Å². The topological polar surface area (TPSA) is 66.5 Å². The number of hydrogen-bond acceptors (Lipinski definition) is 6. The smallest absolute Gasteiger partial charge is 0.254 e. The molecule has 4 aromatic rings. The minimum absolute atomic E-state index is 0.00667. The van der Waals surface area contributed by atoms with Crippen LogP contribution in [0, 0.1) is 5.82 Å². The molecule has 0 fully saturated rings. The highest BCUT2D eigenvalue weighted by atomic mass is 19.1. The minimum atomic E-state index is -0.604. The van der Waals surface area contributed by atoms with E-state index in [-0.39, 0.29) is 28.7 Å². The summed E-state index contributed by atoms with van der Waals surface area (Å²) in [5.74, 6) is 2.36. The fraction of sp³-hybridized carbons (Fsp3) is 0.390. The number of ether oxygens (including phenoxy) is 5. The summed E-state index contributed by atoms with van der Waals surface area (Å²) in [4.78, 5) is 16.1. The number of nitrogens with zero attached hydrogens (tertiary/aromatic N) is 1. The predicted molar refractivity (Wildman–Crippen MR) is 190 cm³/mol. The molecule has 49 heavy (non-hydrogen) atoms. The van der Waals surface area contributed by atoms with Gasteiger partial charge in [-0.2, -0.15) is 0 Å². The maximum atomic E-state index is 15.5. The molecular weight excluding hydrogens is 621 g/mol. The van der Waals surface area contributed by atoms with Crippen molar-refractivity contribution in [3.05, 3.63) is 106 Å². The number of fused-ring (bicyclic) bond motifs is 1. The number of benzene rings is 4. The summed E-state index contributed by atoms with van der Waals surface area (Å²) in [6, 6.07) is 21.6. The Morgan fingerprint density at radius 2 is 1.33 bits per heavy atom. The predicted octanol–water partition coefficient (Wildman–Crippen LogP) is 9.49. The summed E-state index contributed by atoms with van der Waals surface area (Å²) in [5.41, 5.74) is 4.43. The average Bonchev–Trinajstić information content (AvgIpc) is 3.07. The van der Waals surface area contributed by atoms with Gasteiger partial charge in [-0.05, 0) is 123 Å². The summed E-state index contributed by atoms with van der Waals surface area (Å²) in [7, 11) is 0. The molecule has 0 aromatic heterocycles. The third kappa shape index (κ3) is 8.30. The quantitative estimate of drug-likeness (QED) is 0.141. The Morgan fingerprint density at radius 3 is 1.94 bits per heavy atom. The molecule has 0 saturated carbocycles. The number of amides is 1. The van der Waals surface area contributed by atoms with E-state index in [0.717, 1.165) is 22.3 Å². The van der Waals surface area contributed by atoms with Crippen molar-refractivity contribution in [3.63, 3.8) is 0 Å². The summed E-state index contributed by atoms with van der Waals surface area (Å²) < 4.78 is 45.1. The maximum Gasteiger partial charge on any atom is 0.254 e. The van der Waals surface area contributed by atoms with Crippen molar-refractivity contribution in [2.45, 2.75) is 72.8 Å². The molecule has 1 heterocycles. The number of carbonyl (C=O) groups is 1. The molecule has 1 aliphatic rings. The summed E-state index contributed by atoms with van der Waals surface area (Å²) in [6.07, 6.45) is 1.12. The van der Waals surface area contributed by atoms with Gasteiger partial charge in [0.15, 0.2) is 34.6 Å². The monoisotopic (exact) mass is 669 g/mol. The molecule has 5 rings (SSSR count). The molecule has 0 saturated heterocycles. The van der Waals surface area contributed by atoms with Gasteiger partial charge in [-0.15, -0.1) is 0 Å². The van der Waals surface area contributed by atoms with Crippen LogP contribution in [0.2, 0.25) is 0 Å². The third-order valence-corrected chi connectivity index (χ3v) is 8.59. The highest BCUT2D eigenvalue weighted by molar-refractivity contribution is 5.95. The van der Waals surface area contributed by atoms with Crippen molar-refractivity contribution in [1.82, 2.24) is 4.90 Å². The lowest BCUT2D eigenvalue weighted by Gasteiger charge is -2.38. The van der Waals surface area contributed by atoms with Gasteiger partial charge in [0.2, 0.25) is 0 Å². The van der Waals surface area contributed by atoms with Gasteiger partial charge in [0, 0.05) is 12.1 Å². The first kappa shape index (κ1) is 35.6. The highest BCUT2D eigenvalue weighted by Crippen LogP contribution is 2.41. The molecular formula is C41H48FNO6. The highest BCUT2D eigenvalue weighted by Gasteiger charge is 2.33. The van der Waals surface area contributed by atoms with Crippen molar-refractivity contribution in [2.75, 3.05) is 33.0 Å². The molecule has 1 amide bonds. The van der Waals surface area contributed by atoms with Crippen LogP contribution in [0.5, 0.6) is 34.5 Å². The van der Waals surface area contributed by atoms with Crippen LogP contribution in [-0.4, -0.2) is 43.8 Å². The lowest BCUT2D eigenvalue weighted by molar-refractivity contribution is 0.0658. The lowest BCUT2D eigenvalue weighted by Crippen LogP contribution is -2.41. The third-order valence-electron chi connectivity index (χ3n) is 8.59. The van der Waals surface area contributed by atoms with Crippen LogP contribution in [0.3, 0.4) is 0 Å². The fourth-order valence-electron chi connectivity index (χ4n) is 6.19. The Kier molecular flexibility index (Phi) is 11.4. The van der Waals surface area contributed by atoms with Gasteiger partial charge >= 0.3 is 0 Å². The summed E-state index contributed by atoms with van der Waals surface area (Å²) in [5, 5.41) is 0. The van der Waals surface area contributed by atoms with Crippen molar-refractivity contribution in [3.8, 4) is 34.5 Å². The van der Waals surface area contributed by atoms with Crippen LogP contribution < -0.4 is 23.7 Å². The van der Waals surface area contributed by atoms with Gasteiger partial charge in [-0.1, -0.05) is 39.0 Å². The molecule has 1 unspecified atom stereocenters. The Balaban J connectivity index is 1.48. The summed E-state index contributed by atoms with van der Waals surface area (Å²) >= 11 is 0. The molecule has 1 aliphatic heterocycles. The van der Waals surface area contributed by atoms with Crippen LogP contribution in [0.4, 0.5) is 4.39 Å². The lowest BCUT2D eigenvalue weighted by atomic mass is 9.87. The van der Waals surface area contributed by atoms with Crippen LogP contribution in [0.1, 0.15) is 87.1 Å². The van der Waals surface area contributed by atoms with E-state index in [1.54, 1.807) is 6.07 Å². The largest absolute Gasteiger partial charge is 0.490 e.